The second-order valence-corrected chi connectivity index (χ2v) is 8.04. The van der Waals surface area contributed by atoms with E-state index in [4.69, 9.17) is 18.7 Å². The zero-order valence-electron chi connectivity index (χ0n) is 15.5. The molecule has 9 nitrogen and oxygen atoms in total. The van der Waals surface area contributed by atoms with Gasteiger partial charge in [-0.1, -0.05) is 13.0 Å². The van der Waals surface area contributed by atoms with Gasteiger partial charge in [0, 0.05) is 33.1 Å². The Morgan fingerprint density at radius 1 is 1.31 bits per heavy atom. The van der Waals surface area contributed by atoms with Crippen molar-refractivity contribution in [3.05, 3.63) is 45.0 Å². The van der Waals surface area contributed by atoms with Crippen LogP contribution in [-0.2, 0) is 23.3 Å². The third-order valence-corrected chi connectivity index (χ3v) is 4.96. The molecule has 10 heteroatoms. The first kappa shape index (κ1) is 22.5. The second kappa shape index (κ2) is 11.3. The molecule has 0 aliphatic rings. The molecule has 0 spiro atoms. The van der Waals surface area contributed by atoms with Crippen molar-refractivity contribution in [2.45, 2.75) is 25.7 Å². The van der Waals surface area contributed by atoms with Gasteiger partial charge in [0.1, 0.15) is 0 Å². The molecular formula is C16H27N2O7P. The molecule has 0 bridgehead atoms. The zero-order valence-corrected chi connectivity index (χ0v) is 16.4. The van der Waals surface area contributed by atoms with E-state index in [9.17, 15) is 14.2 Å². The predicted octanol–water partition coefficient (Wildman–Crippen LogP) is 1.56. The minimum Gasteiger partial charge on any atom is -0.382 e. The summed E-state index contributed by atoms with van der Waals surface area (Å²) in [4.78, 5) is 25.5. The molecule has 0 aliphatic carbocycles. The average molecular weight is 390 g/mol. The number of rotatable bonds is 12. The van der Waals surface area contributed by atoms with Crippen LogP contribution in [0.2, 0.25) is 0 Å². The van der Waals surface area contributed by atoms with Crippen LogP contribution in [0.3, 0.4) is 0 Å². The fourth-order valence-electron chi connectivity index (χ4n) is 1.96. The molecule has 0 saturated carbocycles. The lowest BCUT2D eigenvalue weighted by atomic mass is 10.3. The van der Waals surface area contributed by atoms with Gasteiger partial charge in [0.25, 0.3) is 5.56 Å². The lowest BCUT2D eigenvalue weighted by Crippen LogP contribution is -2.36. The molecule has 0 amide bonds. The lowest BCUT2D eigenvalue weighted by molar-refractivity contribution is -0.0881. The van der Waals surface area contributed by atoms with Crippen molar-refractivity contribution in [2.75, 3.05) is 40.7 Å². The van der Waals surface area contributed by atoms with E-state index in [0.717, 1.165) is 0 Å². The number of nitrogens with zero attached hydrogens (tertiary/aromatic N) is 1. The SMILES string of the molecule is CC[C@@H](/C=C/P(C)(=O)OC)O[C@H](COCCOC)n1ccc(=O)[nH]c1=O. The van der Waals surface area contributed by atoms with E-state index in [0.29, 0.717) is 19.6 Å². The zero-order chi connectivity index (χ0) is 19.6. The summed E-state index contributed by atoms with van der Waals surface area (Å²) in [5.74, 6) is 1.47. The van der Waals surface area contributed by atoms with Gasteiger partial charge in [0.15, 0.2) is 6.23 Å². The maximum absolute atomic E-state index is 12.1. The standard InChI is InChI=1S/C16H27N2O7P/c1-5-13(7-11-26(4,21)23-3)25-15(12-24-10-9-22-2)18-8-6-14(19)17-16(18)20/h6-8,11,13,15H,5,9-10,12H2,1-4H3,(H,17,19,20)/b11-7+/t13-,15+,26?/m0/s1. The molecule has 1 N–H and O–H groups in total. The third-order valence-electron chi connectivity index (χ3n) is 3.52. The van der Waals surface area contributed by atoms with Crippen LogP contribution in [0, 0.1) is 0 Å². The van der Waals surface area contributed by atoms with Gasteiger partial charge in [0.2, 0.25) is 7.37 Å². The van der Waals surface area contributed by atoms with Crippen LogP contribution in [-0.4, -0.2) is 56.4 Å². The van der Waals surface area contributed by atoms with Gasteiger partial charge in [-0.2, -0.15) is 0 Å². The van der Waals surface area contributed by atoms with E-state index in [1.54, 1.807) is 13.2 Å². The molecule has 0 aliphatic heterocycles. The maximum atomic E-state index is 12.1. The van der Waals surface area contributed by atoms with Gasteiger partial charge in [-0.3, -0.25) is 18.9 Å². The Balaban J connectivity index is 2.97. The minimum atomic E-state index is -2.83. The number of nitrogens with one attached hydrogen (secondary N) is 1. The van der Waals surface area contributed by atoms with Crippen molar-refractivity contribution in [3.63, 3.8) is 0 Å². The van der Waals surface area contributed by atoms with E-state index in [1.165, 1.54) is 36.4 Å². The van der Waals surface area contributed by atoms with Gasteiger partial charge in [-0.25, -0.2) is 4.79 Å². The van der Waals surface area contributed by atoms with Crippen LogP contribution in [0.5, 0.6) is 0 Å². The molecule has 26 heavy (non-hydrogen) atoms. The van der Waals surface area contributed by atoms with Gasteiger partial charge >= 0.3 is 5.69 Å². The molecular weight excluding hydrogens is 363 g/mol. The molecule has 0 aromatic carbocycles. The monoisotopic (exact) mass is 390 g/mol. The fourth-order valence-corrected chi connectivity index (χ4v) is 2.58. The summed E-state index contributed by atoms with van der Waals surface area (Å²) >= 11 is 0. The molecule has 1 rings (SSSR count). The summed E-state index contributed by atoms with van der Waals surface area (Å²) in [6.07, 6.45) is 2.37. The first-order valence-electron chi connectivity index (χ1n) is 8.19. The molecule has 1 aromatic rings. The van der Waals surface area contributed by atoms with Crippen LogP contribution in [0.1, 0.15) is 19.6 Å². The number of aromatic amines is 1. The van der Waals surface area contributed by atoms with Gasteiger partial charge in [0.05, 0.1) is 25.9 Å². The minimum absolute atomic E-state index is 0.0771. The first-order chi connectivity index (χ1) is 12.3. The van der Waals surface area contributed by atoms with Gasteiger partial charge in [-0.05, 0) is 12.2 Å². The smallest absolute Gasteiger partial charge is 0.330 e. The van der Waals surface area contributed by atoms with E-state index < -0.39 is 30.9 Å². The van der Waals surface area contributed by atoms with Crippen LogP contribution >= 0.6 is 7.37 Å². The molecule has 0 fully saturated rings. The van der Waals surface area contributed by atoms with Crippen molar-refractivity contribution in [1.29, 1.82) is 0 Å². The Labute approximate surface area is 152 Å². The number of hydrogen-bond donors (Lipinski definition) is 1. The van der Waals surface area contributed by atoms with E-state index in [2.05, 4.69) is 4.98 Å². The fraction of sp³-hybridized carbons (Fsp3) is 0.625. The molecule has 0 saturated heterocycles. The summed E-state index contributed by atoms with van der Waals surface area (Å²) in [7, 11) is 0.104. The Bertz CT molecular complexity index is 728. The Morgan fingerprint density at radius 3 is 2.62 bits per heavy atom. The lowest BCUT2D eigenvalue weighted by Gasteiger charge is -2.24. The van der Waals surface area contributed by atoms with E-state index in [-0.39, 0.29) is 6.61 Å². The summed E-state index contributed by atoms with van der Waals surface area (Å²) in [6.45, 7) is 4.19. The van der Waals surface area contributed by atoms with Crippen LogP contribution in [0.4, 0.5) is 0 Å². The van der Waals surface area contributed by atoms with Crippen molar-refractivity contribution < 1.29 is 23.3 Å². The van der Waals surface area contributed by atoms with Crippen LogP contribution in [0.25, 0.3) is 0 Å². The summed E-state index contributed by atoms with van der Waals surface area (Å²) in [6, 6.07) is 1.23. The third kappa shape index (κ3) is 7.80. The van der Waals surface area contributed by atoms with E-state index >= 15 is 0 Å². The summed E-state index contributed by atoms with van der Waals surface area (Å²) in [5.41, 5.74) is -1.10. The largest absolute Gasteiger partial charge is 0.382 e. The molecule has 148 valence electrons. The molecule has 3 atom stereocenters. The topological polar surface area (TPSA) is 109 Å². The highest BCUT2D eigenvalue weighted by molar-refractivity contribution is 7.61. The van der Waals surface area contributed by atoms with Crippen LogP contribution in [0.15, 0.2) is 33.7 Å². The first-order valence-corrected chi connectivity index (χ1v) is 10.3. The number of H-pyrrole nitrogens is 1. The van der Waals surface area contributed by atoms with Crippen molar-refractivity contribution in [2.24, 2.45) is 0 Å². The summed E-state index contributed by atoms with van der Waals surface area (Å²) in [5, 5.41) is 0. The van der Waals surface area contributed by atoms with E-state index in [1.807, 2.05) is 6.92 Å². The second-order valence-electron chi connectivity index (χ2n) is 5.56. The normalized spacial score (nSPS) is 16.5. The Kier molecular flexibility index (Phi) is 9.75. The van der Waals surface area contributed by atoms with Crippen molar-refractivity contribution in [1.82, 2.24) is 9.55 Å². The number of aromatic nitrogens is 2. The molecule has 0 radical (unpaired) electrons. The Morgan fingerprint density at radius 2 is 2.04 bits per heavy atom. The quantitative estimate of drug-likeness (QED) is 0.426. The van der Waals surface area contributed by atoms with Gasteiger partial charge in [-0.15, -0.1) is 0 Å². The number of methoxy groups -OCH3 is 1. The highest BCUT2D eigenvalue weighted by Crippen LogP contribution is 2.43. The Hall–Kier alpha value is -1.51. The predicted molar refractivity (Wildman–Crippen MR) is 97.9 cm³/mol. The molecule has 1 aromatic heterocycles. The highest BCUT2D eigenvalue weighted by Gasteiger charge is 2.19. The maximum Gasteiger partial charge on any atom is 0.330 e. The number of hydrogen-bond acceptors (Lipinski definition) is 7. The van der Waals surface area contributed by atoms with Crippen molar-refractivity contribution in [3.8, 4) is 0 Å². The highest BCUT2D eigenvalue weighted by atomic mass is 31.2. The molecule has 1 heterocycles. The number of ether oxygens (including phenoxy) is 3. The average Bonchev–Trinajstić information content (AvgIpc) is 2.61. The summed E-state index contributed by atoms with van der Waals surface area (Å²) < 4.78 is 34.5. The molecule has 1 unspecified atom stereocenters. The van der Waals surface area contributed by atoms with Crippen molar-refractivity contribution >= 4 is 7.37 Å². The van der Waals surface area contributed by atoms with Crippen LogP contribution < -0.4 is 11.2 Å². The van der Waals surface area contributed by atoms with Gasteiger partial charge < -0.3 is 18.7 Å².